The lowest BCUT2D eigenvalue weighted by atomic mass is 9.93. The summed E-state index contributed by atoms with van der Waals surface area (Å²) in [6.45, 7) is 8.39. The van der Waals surface area contributed by atoms with E-state index in [2.05, 4.69) is 15.1 Å². The number of carbonyl (C=O) groups is 1. The number of hydrogen-bond acceptors (Lipinski definition) is 4. The van der Waals surface area contributed by atoms with Gasteiger partial charge in [-0.05, 0) is 50.4 Å². The van der Waals surface area contributed by atoms with E-state index in [1.54, 1.807) is 0 Å². The Balaban J connectivity index is 1.28. The fraction of sp³-hybridized carbons (Fsp3) is 0.650. The number of ether oxygens (including phenoxy) is 1. The Labute approximate surface area is 151 Å². The summed E-state index contributed by atoms with van der Waals surface area (Å²) in [4.78, 5) is 16.9. The van der Waals surface area contributed by atoms with Gasteiger partial charge in [-0.3, -0.25) is 14.6 Å². The molecule has 25 heavy (non-hydrogen) atoms. The smallest absolute Gasteiger partial charge is 0.234 e. The van der Waals surface area contributed by atoms with Crippen molar-refractivity contribution in [1.82, 2.24) is 15.1 Å². The molecule has 5 nitrogen and oxygen atoms in total. The minimum absolute atomic E-state index is 0.135. The van der Waals surface area contributed by atoms with Crippen LogP contribution in [0.15, 0.2) is 30.3 Å². The van der Waals surface area contributed by atoms with Crippen LogP contribution in [0.1, 0.15) is 24.8 Å². The number of likely N-dealkylation sites (tertiary alicyclic amines) is 1. The number of amides is 1. The Kier molecular flexibility index (Phi) is 7.27. The van der Waals surface area contributed by atoms with Crippen LogP contribution >= 0.6 is 0 Å². The zero-order valence-electron chi connectivity index (χ0n) is 15.2. The van der Waals surface area contributed by atoms with Crippen LogP contribution in [0.5, 0.6) is 0 Å². The third-order valence-corrected chi connectivity index (χ3v) is 5.36. The van der Waals surface area contributed by atoms with Crippen molar-refractivity contribution in [2.45, 2.75) is 25.8 Å². The molecular weight excluding hydrogens is 314 g/mol. The molecular formula is C20H31N3O2. The van der Waals surface area contributed by atoms with Crippen molar-refractivity contribution >= 4 is 5.91 Å². The highest BCUT2D eigenvalue weighted by Crippen LogP contribution is 2.20. The van der Waals surface area contributed by atoms with Crippen LogP contribution in [0, 0.1) is 5.92 Å². The largest absolute Gasteiger partial charge is 0.379 e. The van der Waals surface area contributed by atoms with Crippen molar-refractivity contribution in [1.29, 1.82) is 0 Å². The normalized spacial score (nSPS) is 20.5. The molecule has 1 aromatic carbocycles. The van der Waals surface area contributed by atoms with Gasteiger partial charge in [-0.15, -0.1) is 0 Å². The number of hydrogen-bond donors (Lipinski definition) is 1. The van der Waals surface area contributed by atoms with Gasteiger partial charge in [-0.1, -0.05) is 30.3 Å². The zero-order chi connectivity index (χ0) is 17.3. The maximum atomic E-state index is 12.1. The molecule has 1 N–H and O–H groups in total. The second-order valence-electron chi connectivity index (χ2n) is 7.22. The molecule has 3 rings (SSSR count). The fourth-order valence-electron chi connectivity index (χ4n) is 3.68. The van der Waals surface area contributed by atoms with Gasteiger partial charge in [-0.25, -0.2) is 0 Å². The first kappa shape index (κ1) is 18.4. The number of nitrogens with one attached hydrogen (secondary N) is 1. The molecule has 0 aromatic heterocycles. The molecule has 2 saturated heterocycles. The average Bonchev–Trinajstić information content (AvgIpc) is 2.67. The van der Waals surface area contributed by atoms with E-state index in [9.17, 15) is 4.79 Å². The predicted octanol–water partition coefficient (Wildman–Crippen LogP) is 1.74. The standard InChI is InChI=1S/C20H31N3O2/c24-20(21-16-19-4-2-1-3-5-19)17-23-10-7-18(8-11-23)6-9-22-12-14-25-15-13-22/h1-5,18H,6-17H2,(H,21,24). The lowest BCUT2D eigenvalue weighted by Crippen LogP contribution is -2.42. The van der Waals surface area contributed by atoms with Crippen molar-refractivity contribution in [2.75, 3.05) is 52.5 Å². The van der Waals surface area contributed by atoms with Gasteiger partial charge in [0.1, 0.15) is 0 Å². The predicted molar refractivity (Wildman–Crippen MR) is 99.3 cm³/mol. The molecule has 2 aliphatic heterocycles. The lowest BCUT2D eigenvalue weighted by molar-refractivity contribution is -0.122. The third kappa shape index (κ3) is 6.42. The number of piperidine rings is 1. The minimum Gasteiger partial charge on any atom is -0.379 e. The summed E-state index contributed by atoms with van der Waals surface area (Å²) in [7, 11) is 0. The molecule has 138 valence electrons. The highest BCUT2D eigenvalue weighted by Gasteiger charge is 2.21. The Bertz CT molecular complexity index is 509. The molecule has 0 spiro atoms. The van der Waals surface area contributed by atoms with E-state index in [-0.39, 0.29) is 5.91 Å². The van der Waals surface area contributed by atoms with Crippen LogP contribution in [0.2, 0.25) is 0 Å². The van der Waals surface area contributed by atoms with E-state index < -0.39 is 0 Å². The van der Waals surface area contributed by atoms with E-state index >= 15 is 0 Å². The average molecular weight is 345 g/mol. The monoisotopic (exact) mass is 345 g/mol. The van der Waals surface area contributed by atoms with E-state index in [1.165, 1.54) is 25.8 Å². The Hall–Kier alpha value is -1.43. The number of benzene rings is 1. The first-order chi connectivity index (χ1) is 12.3. The van der Waals surface area contributed by atoms with Gasteiger partial charge in [-0.2, -0.15) is 0 Å². The van der Waals surface area contributed by atoms with Gasteiger partial charge in [0.2, 0.25) is 5.91 Å². The minimum atomic E-state index is 0.135. The van der Waals surface area contributed by atoms with Gasteiger partial charge in [0, 0.05) is 19.6 Å². The van der Waals surface area contributed by atoms with Crippen molar-refractivity contribution in [3.05, 3.63) is 35.9 Å². The van der Waals surface area contributed by atoms with E-state index in [0.29, 0.717) is 13.1 Å². The van der Waals surface area contributed by atoms with Crippen LogP contribution in [-0.2, 0) is 16.1 Å². The molecule has 0 bridgehead atoms. The van der Waals surface area contributed by atoms with Gasteiger partial charge < -0.3 is 10.1 Å². The van der Waals surface area contributed by atoms with E-state index in [1.807, 2.05) is 30.3 Å². The number of carbonyl (C=O) groups excluding carboxylic acids is 1. The number of rotatable bonds is 7. The van der Waals surface area contributed by atoms with Crippen molar-refractivity contribution in [3.63, 3.8) is 0 Å². The summed E-state index contributed by atoms with van der Waals surface area (Å²) in [5, 5.41) is 3.03. The second-order valence-corrected chi connectivity index (χ2v) is 7.22. The maximum Gasteiger partial charge on any atom is 0.234 e. The number of nitrogens with zero attached hydrogens (tertiary/aromatic N) is 2. The SMILES string of the molecule is O=C(CN1CCC(CCN2CCOCC2)CC1)NCc1ccccc1. The quantitative estimate of drug-likeness (QED) is 0.818. The maximum absolute atomic E-state index is 12.1. The first-order valence-electron chi connectivity index (χ1n) is 9.62. The molecule has 5 heteroatoms. The topological polar surface area (TPSA) is 44.8 Å². The molecule has 2 heterocycles. The Morgan fingerprint density at radius 1 is 1.04 bits per heavy atom. The van der Waals surface area contributed by atoms with Gasteiger partial charge in [0.05, 0.1) is 19.8 Å². The fourth-order valence-corrected chi connectivity index (χ4v) is 3.68. The van der Waals surface area contributed by atoms with Gasteiger partial charge >= 0.3 is 0 Å². The van der Waals surface area contributed by atoms with Gasteiger partial charge in [0.15, 0.2) is 0 Å². The molecule has 0 aliphatic carbocycles. The Morgan fingerprint density at radius 3 is 2.48 bits per heavy atom. The summed E-state index contributed by atoms with van der Waals surface area (Å²) in [6.07, 6.45) is 3.72. The highest BCUT2D eigenvalue weighted by molar-refractivity contribution is 5.78. The van der Waals surface area contributed by atoms with Crippen LogP contribution in [0.3, 0.4) is 0 Å². The van der Waals surface area contributed by atoms with Crippen LogP contribution in [0.25, 0.3) is 0 Å². The molecule has 1 aromatic rings. The second kappa shape index (κ2) is 9.90. The lowest BCUT2D eigenvalue weighted by Gasteiger charge is -2.33. The number of morpholine rings is 1. The third-order valence-electron chi connectivity index (χ3n) is 5.36. The first-order valence-corrected chi connectivity index (χ1v) is 9.62. The summed E-state index contributed by atoms with van der Waals surface area (Å²) in [5.41, 5.74) is 1.15. The summed E-state index contributed by atoms with van der Waals surface area (Å²) < 4.78 is 5.40. The highest BCUT2D eigenvalue weighted by atomic mass is 16.5. The Morgan fingerprint density at radius 2 is 1.76 bits per heavy atom. The van der Waals surface area contributed by atoms with Crippen molar-refractivity contribution in [3.8, 4) is 0 Å². The zero-order valence-corrected chi connectivity index (χ0v) is 15.2. The van der Waals surface area contributed by atoms with Gasteiger partial charge in [0.25, 0.3) is 0 Å². The van der Waals surface area contributed by atoms with Crippen molar-refractivity contribution in [2.24, 2.45) is 5.92 Å². The molecule has 2 aliphatic rings. The molecule has 1 amide bonds. The molecule has 0 atom stereocenters. The van der Waals surface area contributed by atoms with Crippen LogP contribution in [0.4, 0.5) is 0 Å². The van der Waals surface area contributed by atoms with Crippen LogP contribution < -0.4 is 5.32 Å². The van der Waals surface area contributed by atoms with E-state index in [0.717, 1.165) is 50.9 Å². The molecule has 2 fully saturated rings. The summed E-state index contributed by atoms with van der Waals surface area (Å²) in [5.74, 6) is 0.946. The van der Waals surface area contributed by atoms with Crippen LogP contribution in [-0.4, -0.2) is 68.2 Å². The van der Waals surface area contributed by atoms with Crippen molar-refractivity contribution < 1.29 is 9.53 Å². The summed E-state index contributed by atoms with van der Waals surface area (Å²) in [6, 6.07) is 10.1. The molecule has 0 saturated carbocycles. The molecule has 0 unspecified atom stereocenters. The van der Waals surface area contributed by atoms with E-state index in [4.69, 9.17) is 4.74 Å². The molecule has 0 radical (unpaired) electrons. The summed E-state index contributed by atoms with van der Waals surface area (Å²) >= 11 is 0.